The van der Waals surface area contributed by atoms with E-state index in [4.69, 9.17) is 9.84 Å². The second-order valence-corrected chi connectivity index (χ2v) is 8.59. The van der Waals surface area contributed by atoms with Crippen molar-refractivity contribution in [2.45, 2.75) is 26.5 Å². The van der Waals surface area contributed by atoms with Gasteiger partial charge in [-0.25, -0.2) is 8.42 Å². The molecule has 0 aliphatic carbocycles. The highest BCUT2D eigenvalue weighted by Crippen LogP contribution is 2.16. The van der Waals surface area contributed by atoms with Gasteiger partial charge < -0.3 is 9.84 Å². The van der Waals surface area contributed by atoms with Gasteiger partial charge in [-0.2, -0.15) is 4.31 Å². The molecule has 0 spiro atoms. The standard InChI is InChI=1S/C17H26N2O5S.ClH/c1-13-4-5-14(2)15(8-13)9-18-6-7-24-16(10-18)11-19(12-17(20)21)25(3,22)23;/h4-5,8,16H,6-7,9-12H2,1-3H3,(H,20,21);1H. The van der Waals surface area contributed by atoms with Crippen LogP contribution in [0.1, 0.15) is 16.7 Å². The largest absolute Gasteiger partial charge is 0.480 e. The van der Waals surface area contributed by atoms with Crippen molar-refractivity contribution in [1.29, 1.82) is 0 Å². The summed E-state index contributed by atoms with van der Waals surface area (Å²) in [6.07, 6.45) is 0.681. The Bertz CT molecular complexity index is 726. The van der Waals surface area contributed by atoms with Crippen molar-refractivity contribution in [3.8, 4) is 0 Å². The van der Waals surface area contributed by atoms with E-state index < -0.39 is 22.5 Å². The molecule has 1 N–H and O–H groups in total. The van der Waals surface area contributed by atoms with E-state index in [2.05, 4.69) is 36.9 Å². The lowest BCUT2D eigenvalue weighted by Crippen LogP contribution is -2.49. The van der Waals surface area contributed by atoms with E-state index in [1.165, 1.54) is 16.7 Å². The second-order valence-electron chi connectivity index (χ2n) is 6.61. The lowest BCUT2D eigenvalue weighted by Gasteiger charge is -2.35. The number of sulfonamides is 1. The molecule has 1 atom stereocenters. The molecule has 0 aromatic heterocycles. The van der Waals surface area contributed by atoms with Gasteiger partial charge >= 0.3 is 5.97 Å². The van der Waals surface area contributed by atoms with Gasteiger partial charge in [-0.3, -0.25) is 9.69 Å². The number of nitrogens with zero attached hydrogens (tertiary/aromatic N) is 2. The van der Waals surface area contributed by atoms with E-state index >= 15 is 0 Å². The molecule has 0 radical (unpaired) electrons. The molecule has 0 bridgehead atoms. The van der Waals surface area contributed by atoms with Crippen LogP contribution >= 0.6 is 12.4 Å². The first kappa shape index (κ1) is 22.9. The maximum Gasteiger partial charge on any atom is 0.318 e. The summed E-state index contributed by atoms with van der Waals surface area (Å²) in [6.45, 7) is 6.24. The van der Waals surface area contributed by atoms with E-state index in [0.29, 0.717) is 13.2 Å². The van der Waals surface area contributed by atoms with Crippen LogP contribution < -0.4 is 0 Å². The molecule has 1 aliphatic rings. The van der Waals surface area contributed by atoms with Gasteiger partial charge in [0.05, 0.1) is 19.0 Å². The number of halogens is 1. The first-order chi connectivity index (χ1) is 11.6. The topological polar surface area (TPSA) is 87.2 Å². The van der Waals surface area contributed by atoms with Crippen molar-refractivity contribution in [2.75, 3.05) is 39.0 Å². The summed E-state index contributed by atoms with van der Waals surface area (Å²) in [5.74, 6) is -1.17. The third-order valence-electron chi connectivity index (χ3n) is 4.31. The molecule has 9 heteroatoms. The van der Waals surface area contributed by atoms with Crippen LogP contribution in [0.3, 0.4) is 0 Å². The highest BCUT2D eigenvalue weighted by atomic mass is 35.5. The molecule has 0 saturated carbocycles. The molecule has 1 aliphatic heterocycles. The minimum atomic E-state index is -3.59. The maximum atomic E-state index is 11.8. The van der Waals surface area contributed by atoms with E-state index in [1.54, 1.807) is 0 Å². The Morgan fingerprint density at radius 2 is 2.08 bits per heavy atom. The highest BCUT2D eigenvalue weighted by molar-refractivity contribution is 7.88. The number of hydrogen-bond donors (Lipinski definition) is 1. The first-order valence-electron chi connectivity index (χ1n) is 8.22. The smallest absolute Gasteiger partial charge is 0.318 e. The summed E-state index contributed by atoms with van der Waals surface area (Å²) < 4.78 is 30.2. The van der Waals surface area contributed by atoms with Crippen molar-refractivity contribution in [1.82, 2.24) is 9.21 Å². The summed E-state index contributed by atoms with van der Waals surface area (Å²) in [7, 11) is -3.59. The maximum absolute atomic E-state index is 11.8. The van der Waals surface area contributed by atoms with Crippen LogP contribution in [-0.4, -0.2) is 73.8 Å². The Labute approximate surface area is 161 Å². The fourth-order valence-corrected chi connectivity index (χ4v) is 3.72. The summed E-state index contributed by atoms with van der Waals surface area (Å²) in [5.41, 5.74) is 3.67. The Morgan fingerprint density at radius 3 is 2.69 bits per heavy atom. The number of aliphatic carboxylic acids is 1. The molecule has 0 amide bonds. The van der Waals surface area contributed by atoms with Crippen LogP contribution in [0.25, 0.3) is 0 Å². The first-order valence-corrected chi connectivity index (χ1v) is 10.1. The molecular weight excluding hydrogens is 380 g/mol. The number of carbonyl (C=O) groups is 1. The van der Waals surface area contributed by atoms with Gasteiger partial charge in [-0.15, -0.1) is 12.4 Å². The lowest BCUT2D eigenvalue weighted by molar-refractivity contribution is -0.137. The van der Waals surface area contributed by atoms with Crippen LogP contribution in [0, 0.1) is 13.8 Å². The molecular formula is C17H27ClN2O5S. The zero-order chi connectivity index (χ0) is 18.6. The molecule has 26 heavy (non-hydrogen) atoms. The molecule has 2 rings (SSSR count). The summed E-state index contributed by atoms with van der Waals surface area (Å²) in [6, 6.07) is 6.34. The van der Waals surface area contributed by atoms with Crippen molar-refractivity contribution in [2.24, 2.45) is 0 Å². The molecule has 1 fully saturated rings. The molecule has 1 saturated heterocycles. The van der Waals surface area contributed by atoms with Gasteiger partial charge in [0.2, 0.25) is 10.0 Å². The fourth-order valence-electron chi connectivity index (χ4n) is 2.94. The quantitative estimate of drug-likeness (QED) is 0.733. The summed E-state index contributed by atoms with van der Waals surface area (Å²) in [5, 5.41) is 8.92. The normalized spacial score (nSPS) is 18.5. The van der Waals surface area contributed by atoms with Crippen LogP contribution in [-0.2, 0) is 26.1 Å². The molecule has 1 heterocycles. The lowest BCUT2D eigenvalue weighted by atomic mass is 10.0. The SMILES string of the molecule is Cc1ccc(C)c(CN2CCOC(CN(CC(=O)O)S(C)(=O)=O)C2)c1.Cl. The molecule has 1 unspecified atom stereocenters. The Hall–Kier alpha value is -1.19. The van der Waals surface area contributed by atoms with Crippen LogP contribution in [0.4, 0.5) is 0 Å². The van der Waals surface area contributed by atoms with Crippen LogP contribution in [0.2, 0.25) is 0 Å². The minimum Gasteiger partial charge on any atom is -0.480 e. The summed E-state index contributed by atoms with van der Waals surface area (Å²) in [4.78, 5) is 13.1. The second kappa shape index (κ2) is 9.66. The van der Waals surface area contributed by atoms with Crippen LogP contribution in [0.5, 0.6) is 0 Å². The Morgan fingerprint density at radius 1 is 1.38 bits per heavy atom. The fraction of sp³-hybridized carbons (Fsp3) is 0.588. The van der Waals surface area contributed by atoms with Crippen molar-refractivity contribution in [3.63, 3.8) is 0 Å². The predicted octanol–water partition coefficient (Wildman–Crippen LogP) is 1.27. The van der Waals surface area contributed by atoms with Crippen molar-refractivity contribution < 1.29 is 23.1 Å². The Balaban J connectivity index is 0.00000338. The molecule has 1 aromatic carbocycles. The number of carboxylic acids is 1. The molecule has 1 aromatic rings. The summed E-state index contributed by atoms with van der Waals surface area (Å²) >= 11 is 0. The van der Waals surface area contributed by atoms with Gasteiger partial charge in [0.25, 0.3) is 0 Å². The molecule has 7 nitrogen and oxygen atoms in total. The zero-order valence-electron chi connectivity index (χ0n) is 15.3. The minimum absolute atomic E-state index is 0. The van der Waals surface area contributed by atoms with E-state index in [-0.39, 0.29) is 25.1 Å². The highest BCUT2D eigenvalue weighted by Gasteiger charge is 2.28. The number of ether oxygens (including phenoxy) is 1. The van der Waals surface area contributed by atoms with Gasteiger partial charge in [0.15, 0.2) is 0 Å². The Kier molecular flexibility index (Phi) is 8.49. The van der Waals surface area contributed by atoms with Gasteiger partial charge in [0, 0.05) is 26.2 Å². The number of benzene rings is 1. The average Bonchev–Trinajstić information content (AvgIpc) is 2.49. The number of hydrogen-bond acceptors (Lipinski definition) is 5. The van der Waals surface area contributed by atoms with Gasteiger partial charge in [0.1, 0.15) is 6.54 Å². The van der Waals surface area contributed by atoms with Crippen molar-refractivity contribution in [3.05, 3.63) is 34.9 Å². The van der Waals surface area contributed by atoms with Crippen molar-refractivity contribution >= 4 is 28.4 Å². The van der Waals surface area contributed by atoms with Gasteiger partial charge in [-0.05, 0) is 25.0 Å². The third-order valence-corrected chi connectivity index (χ3v) is 5.53. The van der Waals surface area contributed by atoms with E-state index in [9.17, 15) is 13.2 Å². The van der Waals surface area contributed by atoms with Crippen LogP contribution in [0.15, 0.2) is 18.2 Å². The number of rotatable bonds is 7. The predicted molar refractivity (Wildman–Crippen MR) is 102 cm³/mol. The molecule has 148 valence electrons. The van der Waals surface area contributed by atoms with E-state index in [1.807, 2.05) is 0 Å². The van der Waals surface area contributed by atoms with E-state index in [0.717, 1.165) is 23.7 Å². The number of morpholine rings is 1. The van der Waals surface area contributed by atoms with Gasteiger partial charge in [-0.1, -0.05) is 23.8 Å². The zero-order valence-corrected chi connectivity index (χ0v) is 17.0. The monoisotopic (exact) mass is 406 g/mol. The average molecular weight is 407 g/mol. The third kappa shape index (κ3) is 6.85. The number of aryl methyl sites for hydroxylation is 2. The number of carboxylic acid groups (broad SMARTS) is 1.